The van der Waals surface area contributed by atoms with Gasteiger partial charge in [-0.2, -0.15) is 0 Å². The summed E-state index contributed by atoms with van der Waals surface area (Å²) in [6.07, 6.45) is 1.46. The summed E-state index contributed by atoms with van der Waals surface area (Å²) in [7, 11) is 0. The molecule has 0 saturated heterocycles. The van der Waals surface area contributed by atoms with Crippen LogP contribution in [0.3, 0.4) is 0 Å². The van der Waals surface area contributed by atoms with Crippen LogP contribution in [-0.2, 0) is 0 Å². The summed E-state index contributed by atoms with van der Waals surface area (Å²) >= 11 is 0. The Kier molecular flexibility index (Phi) is 3.71. The number of amides is 1. The van der Waals surface area contributed by atoms with Crippen LogP contribution in [0.1, 0.15) is 24.4 Å². The van der Waals surface area contributed by atoms with Crippen LogP contribution in [0.25, 0.3) is 0 Å². The molecule has 0 aromatic carbocycles. The molecule has 0 bridgehead atoms. The van der Waals surface area contributed by atoms with E-state index in [1.807, 2.05) is 13.8 Å². The van der Waals surface area contributed by atoms with Crippen molar-refractivity contribution in [1.82, 2.24) is 4.90 Å². The first-order valence-electron chi connectivity index (χ1n) is 4.62. The van der Waals surface area contributed by atoms with Crippen LogP contribution in [0.5, 0.6) is 0 Å². The van der Waals surface area contributed by atoms with Gasteiger partial charge in [0, 0.05) is 12.6 Å². The molecule has 78 valence electrons. The second kappa shape index (κ2) is 4.81. The largest absolute Gasteiger partial charge is 0.459 e. The first-order valence-corrected chi connectivity index (χ1v) is 4.62. The standard InChI is InChI=1S/C10H15NO3/c1-8(2)11(5-6-12)10(13)9-4-3-7-14-9/h3-4,7-8,12H,5-6H2,1-2H3. The highest BCUT2D eigenvalue weighted by molar-refractivity contribution is 5.91. The summed E-state index contributed by atoms with van der Waals surface area (Å²) in [6.45, 7) is 4.09. The Labute approximate surface area is 83.1 Å². The number of furan rings is 1. The average Bonchev–Trinajstić information content (AvgIpc) is 2.65. The molecule has 0 aliphatic carbocycles. The van der Waals surface area contributed by atoms with E-state index in [1.54, 1.807) is 17.0 Å². The van der Waals surface area contributed by atoms with Crippen molar-refractivity contribution in [2.45, 2.75) is 19.9 Å². The van der Waals surface area contributed by atoms with Gasteiger partial charge >= 0.3 is 0 Å². The fraction of sp³-hybridized carbons (Fsp3) is 0.500. The van der Waals surface area contributed by atoms with Crippen molar-refractivity contribution >= 4 is 5.91 Å². The van der Waals surface area contributed by atoms with E-state index >= 15 is 0 Å². The third-order valence-electron chi connectivity index (χ3n) is 1.96. The Hall–Kier alpha value is -1.29. The molecule has 1 aromatic rings. The lowest BCUT2D eigenvalue weighted by molar-refractivity contribution is 0.0633. The number of rotatable bonds is 4. The maximum absolute atomic E-state index is 11.8. The van der Waals surface area contributed by atoms with Crippen molar-refractivity contribution < 1.29 is 14.3 Å². The van der Waals surface area contributed by atoms with Gasteiger partial charge in [-0.15, -0.1) is 0 Å². The van der Waals surface area contributed by atoms with Gasteiger partial charge in [-0.25, -0.2) is 0 Å². The maximum atomic E-state index is 11.8. The normalized spacial score (nSPS) is 10.6. The van der Waals surface area contributed by atoms with Gasteiger partial charge in [0.15, 0.2) is 5.76 Å². The molecule has 0 aliphatic rings. The number of carbonyl (C=O) groups excluding carboxylic acids is 1. The third-order valence-corrected chi connectivity index (χ3v) is 1.96. The minimum absolute atomic E-state index is 0.0371. The fourth-order valence-electron chi connectivity index (χ4n) is 1.24. The number of aliphatic hydroxyl groups excluding tert-OH is 1. The van der Waals surface area contributed by atoms with E-state index in [-0.39, 0.29) is 18.6 Å². The van der Waals surface area contributed by atoms with Crippen molar-refractivity contribution in [3.05, 3.63) is 24.2 Å². The minimum Gasteiger partial charge on any atom is -0.459 e. The fourth-order valence-corrected chi connectivity index (χ4v) is 1.24. The van der Waals surface area contributed by atoms with E-state index in [0.29, 0.717) is 12.3 Å². The molecule has 4 nitrogen and oxygen atoms in total. The highest BCUT2D eigenvalue weighted by Crippen LogP contribution is 2.08. The zero-order valence-electron chi connectivity index (χ0n) is 8.43. The lowest BCUT2D eigenvalue weighted by Gasteiger charge is -2.24. The minimum atomic E-state index is -0.181. The van der Waals surface area contributed by atoms with Crippen molar-refractivity contribution in [2.75, 3.05) is 13.2 Å². The number of carbonyl (C=O) groups is 1. The summed E-state index contributed by atoms with van der Waals surface area (Å²) in [5.74, 6) is 0.131. The molecule has 14 heavy (non-hydrogen) atoms. The van der Waals surface area contributed by atoms with Crippen LogP contribution >= 0.6 is 0 Å². The molecule has 0 aliphatic heterocycles. The van der Waals surface area contributed by atoms with E-state index in [2.05, 4.69) is 0 Å². The van der Waals surface area contributed by atoms with E-state index in [9.17, 15) is 4.79 Å². The number of hydrogen-bond donors (Lipinski definition) is 1. The summed E-state index contributed by atoms with van der Waals surface area (Å²) in [5, 5.41) is 8.81. The van der Waals surface area contributed by atoms with E-state index in [1.165, 1.54) is 6.26 Å². The molecule has 4 heteroatoms. The van der Waals surface area contributed by atoms with Crippen LogP contribution in [0.15, 0.2) is 22.8 Å². The predicted octanol–water partition coefficient (Wildman–Crippen LogP) is 1.12. The molecule has 0 atom stereocenters. The van der Waals surface area contributed by atoms with Crippen molar-refractivity contribution in [2.24, 2.45) is 0 Å². The smallest absolute Gasteiger partial charge is 0.289 e. The zero-order chi connectivity index (χ0) is 10.6. The molecule has 0 saturated carbocycles. The van der Waals surface area contributed by atoms with Gasteiger partial charge in [-0.3, -0.25) is 4.79 Å². The van der Waals surface area contributed by atoms with Gasteiger partial charge in [0.2, 0.25) is 0 Å². The Balaban J connectivity index is 2.74. The van der Waals surface area contributed by atoms with Crippen LogP contribution in [0.4, 0.5) is 0 Å². The Morgan fingerprint density at radius 1 is 1.64 bits per heavy atom. The monoisotopic (exact) mass is 197 g/mol. The molecule has 1 heterocycles. The molecule has 1 amide bonds. The van der Waals surface area contributed by atoms with Crippen molar-refractivity contribution in [3.63, 3.8) is 0 Å². The molecule has 0 fully saturated rings. The van der Waals surface area contributed by atoms with Gasteiger partial charge < -0.3 is 14.4 Å². The van der Waals surface area contributed by atoms with Gasteiger partial charge in [0.1, 0.15) is 0 Å². The average molecular weight is 197 g/mol. The van der Waals surface area contributed by atoms with E-state index in [4.69, 9.17) is 9.52 Å². The second-order valence-electron chi connectivity index (χ2n) is 3.29. The molecular weight excluding hydrogens is 182 g/mol. The van der Waals surface area contributed by atoms with Crippen LogP contribution in [-0.4, -0.2) is 35.1 Å². The highest BCUT2D eigenvalue weighted by atomic mass is 16.3. The van der Waals surface area contributed by atoms with E-state index < -0.39 is 0 Å². The maximum Gasteiger partial charge on any atom is 0.289 e. The van der Waals surface area contributed by atoms with Gasteiger partial charge in [0.05, 0.1) is 12.9 Å². The van der Waals surface area contributed by atoms with Crippen LogP contribution < -0.4 is 0 Å². The first-order chi connectivity index (χ1) is 6.66. The number of hydrogen-bond acceptors (Lipinski definition) is 3. The molecule has 1 aromatic heterocycles. The molecule has 0 unspecified atom stereocenters. The second-order valence-corrected chi connectivity index (χ2v) is 3.29. The van der Waals surface area contributed by atoms with Crippen LogP contribution in [0.2, 0.25) is 0 Å². The summed E-state index contributed by atoms with van der Waals surface area (Å²) in [5.41, 5.74) is 0. The van der Waals surface area contributed by atoms with Crippen LogP contribution in [0, 0.1) is 0 Å². The predicted molar refractivity (Wildman–Crippen MR) is 52.0 cm³/mol. The molecule has 0 radical (unpaired) electrons. The Morgan fingerprint density at radius 2 is 2.36 bits per heavy atom. The first kappa shape index (κ1) is 10.8. The van der Waals surface area contributed by atoms with E-state index in [0.717, 1.165) is 0 Å². The highest BCUT2D eigenvalue weighted by Gasteiger charge is 2.19. The third kappa shape index (κ3) is 2.35. The quantitative estimate of drug-likeness (QED) is 0.787. The summed E-state index contributed by atoms with van der Waals surface area (Å²) in [6, 6.07) is 3.35. The van der Waals surface area contributed by atoms with Gasteiger partial charge in [0.25, 0.3) is 5.91 Å². The van der Waals surface area contributed by atoms with Gasteiger partial charge in [-0.1, -0.05) is 0 Å². The zero-order valence-corrected chi connectivity index (χ0v) is 8.43. The van der Waals surface area contributed by atoms with Crippen molar-refractivity contribution in [1.29, 1.82) is 0 Å². The number of nitrogens with zero attached hydrogens (tertiary/aromatic N) is 1. The SMILES string of the molecule is CC(C)N(CCO)C(=O)c1ccco1. The Morgan fingerprint density at radius 3 is 2.79 bits per heavy atom. The lowest BCUT2D eigenvalue weighted by Crippen LogP contribution is -2.38. The lowest BCUT2D eigenvalue weighted by atomic mass is 10.3. The van der Waals surface area contributed by atoms with Crippen molar-refractivity contribution in [3.8, 4) is 0 Å². The topological polar surface area (TPSA) is 53.7 Å². The van der Waals surface area contributed by atoms with Gasteiger partial charge in [-0.05, 0) is 26.0 Å². The molecule has 1 rings (SSSR count). The summed E-state index contributed by atoms with van der Waals surface area (Å²) in [4.78, 5) is 13.3. The molecular formula is C10H15NO3. The Bertz CT molecular complexity index is 280. The molecule has 0 spiro atoms. The summed E-state index contributed by atoms with van der Waals surface area (Å²) < 4.78 is 5.00. The number of aliphatic hydroxyl groups is 1. The molecule has 1 N–H and O–H groups in total.